The zero-order valence-electron chi connectivity index (χ0n) is 14.1. The molecule has 1 aromatic rings. The summed E-state index contributed by atoms with van der Waals surface area (Å²) in [5.74, 6) is -0.696. The largest absolute Gasteiger partial charge is 0.497 e. The Hall–Kier alpha value is -2.83. The van der Waals surface area contributed by atoms with Crippen LogP contribution in [0.3, 0.4) is 0 Å². The average Bonchev–Trinajstić information content (AvgIpc) is 2.64. The van der Waals surface area contributed by atoms with Crippen molar-refractivity contribution in [1.82, 2.24) is 4.90 Å². The molecule has 1 aliphatic rings. The number of likely N-dealkylation sites (tertiary alicyclic amines) is 1. The maximum atomic E-state index is 12.0. The fourth-order valence-corrected chi connectivity index (χ4v) is 2.60. The van der Waals surface area contributed by atoms with Gasteiger partial charge in [-0.25, -0.2) is 4.79 Å². The van der Waals surface area contributed by atoms with Gasteiger partial charge in [-0.1, -0.05) is 12.1 Å². The lowest BCUT2D eigenvalue weighted by atomic mass is 9.96. The van der Waals surface area contributed by atoms with Gasteiger partial charge in [0.05, 0.1) is 7.11 Å². The van der Waals surface area contributed by atoms with Crippen molar-refractivity contribution in [1.29, 1.82) is 0 Å². The van der Waals surface area contributed by atoms with Crippen molar-refractivity contribution in [2.75, 3.05) is 26.8 Å². The third kappa shape index (κ3) is 5.63. The minimum absolute atomic E-state index is 0.183. The first-order valence-electron chi connectivity index (χ1n) is 8.05. The van der Waals surface area contributed by atoms with Gasteiger partial charge in [-0.3, -0.25) is 9.59 Å². The molecule has 25 heavy (non-hydrogen) atoms. The van der Waals surface area contributed by atoms with Crippen molar-refractivity contribution >= 4 is 23.9 Å². The summed E-state index contributed by atoms with van der Waals surface area (Å²) in [4.78, 5) is 36.4. The Bertz CT molecular complexity index is 663. The quantitative estimate of drug-likeness (QED) is 0.611. The summed E-state index contributed by atoms with van der Waals surface area (Å²) in [5.41, 5.74) is 6.05. The highest BCUT2D eigenvalue weighted by molar-refractivity contribution is 5.89. The van der Waals surface area contributed by atoms with E-state index in [1.807, 2.05) is 12.1 Å². The van der Waals surface area contributed by atoms with Gasteiger partial charge in [0.25, 0.3) is 5.91 Å². The van der Waals surface area contributed by atoms with Crippen molar-refractivity contribution in [3.05, 3.63) is 35.9 Å². The van der Waals surface area contributed by atoms with Gasteiger partial charge in [0.2, 0.25) is 5.91 Å². The number of primary amides is 1. The topological polar surface area (TPSA) is 98.9 Å². The number of hydrogen-bond acceptors (Lipinski definition) is 5. The average molecular weight is 346 g/mol. The molecule has 0 aromatic heterocycles. The minimum Gasteiger partial charge on any atom is -0.497 e. The van der Waals surface area contributed by atoms with Crippen LogP contribution in [-0.4, -0.2) is 49.5 Å². The van der Waals surface area contributed by atoms with Crippen molar-refractivity contribution in [2.45, 2.75) is 12.8 Å². The number of nitrogens with two attached hydrogens (primary N) is 1. The number of ether oxygens (including phenoxy) is 2. The molecule has 0 atom stereocenters. The number of carbonyl (C=O) groups excluding carboxylic acids is 3. The number of amides is 2. The van der Waals surface area contributed by atoms with E-state index in [4.69, 9.17) is 15.2 Å². The molecule has 0 aliphatic carbocycles. The molecule has 0 saturated carbocycles. The number of esters is 1. The van der Waals surface area contributed by atoms with Gasteiger partial charge in [0.1, 0.15) is 5.75 Å². The van der Waals surface area contributed by atoms with E-state index in [0.717, 1.165) is 5.56 Å². The Labute approximate surface area is 146 Å². The Kier molecular flexibility index (Phi) is 6.56. The standard InChI is InChI=1S/C18H22N2O5/c1-24-15-4-2-3-13(11-15)5-6-17(22)25-12-16(21)20-9-7-14(8-10-20)18(19)23/h2-6,11,14H,7-10,12H2,1H3,(H2,19,23)/b6-5+. The van der Waals surface area contributed by atoms with E-state index in [1.165, 1.54) is 6.08 Å². The molecule has 0 radical (unpaired) electrons. The number of carbonyl (C=O) groups is 3. The van der Waals surface area contributed by atoms with Crippen LogP contribution in [-0.2, 0) is 19.1 Å². The van der Waals surface area contributed by atoms with Crippen molar-refractivity contribution in [3.63, 3.8) is 0 Å². The Morgan fingerprint density at radius 1 is 1.28 bits per heavy atom. The van der Waals surface area contributed by atoms with E-state index in [9.17, 15) is 14.4 Å². The van der Waals surface area contributed by atoms with Crippen LogP contribution in [0.15, 0.2) is 30.3 Å². The normalized spacial score (nSPS) is 15.2. The highest BCUT2D eigenvalue weighted by atomic mass is 16.5. The zero-order valence-corrected chi connectivity index (χ0v) is 14.1. The molecule has 134 valence electrons. The van der Waals surface area contributed by atoms with Gasteiger partial charge in [-0.15, -0.1) is 0 Å². The molecule has 1 heterocycles. The molecule has 7 heteroatoms. The minimum atomic E-state index is -0.594. The second-order valence-electron chi connectivity index (χ2n) is 5.78. The lowest BCUT2D eigenvalue weighted by Gasteiger charge is -2.30. The lowest BCUT2D eigenvalue weighted by molar-refractivity contribution is -0.149. The first kappa shape index (κ1) is 18.5. The third-order valence-electron chi connectivity index (χ3n) is 4.09. The lowest BCUT2D eigenvalue weighted by Crippen LogP contribution is -2.43. The fourth-order valence-electron chi connectivity index (χ4n) is 2.60. The van der Waals surface area contributed by atoms with Gasteiger partial charge in [0.15, 0.2) is 6.61 Å². The van der Waals surface area contributed by atoms with Crippen LogP contribution in [0.1, 0.15) is 18.4 Å². The molecule has 2 amide bonds. The summed E-state index contributed by atoms with van der Waals surface area (Å²) in [6, 6.07) is 7.21. The summed E-state index contributed by atoms with van der Waals surface area (Å²) in [6.45, 7) is 0.579. The van der Waals surface area contributed by atoms with Gasteiger partial charge in [0, 0.05) is 25.1 Å². The highest BCUT2D eigenvalue weighted by Crippen LogP contribution is 2.17. The van der Waals surface area contributed by atoms with Crippen LogP contribution >= 0.6 is 0 Å². The summed E-state index contributed by atoms with van der Waals surface area (Å²) in [6.07, 6.45) is 3.95. The Morgan fingerprint density at radius 3 is 2.64 bits per heavy atom. The number of methoxy groups -OCH3 is 1. The number of rotatable bonds is 6. The monoisotopic (exact) mass is 346 g/mol. The maximum absolute atomic E-state index is 12.0. The predicted molar refractivity (Wildman–Crippen MR) is 91.5 cm³/mol. The van der Waals surface area contributed by atoms with E-state index in [1.54, 1.807) is 30.2 Å². The van der Waals surface area contributed by atoms with Crippen molar-refractivity contribution in [2.24, 2.45) is 11.7 Å². The van der Waals surface area contributed by atoms with E-state index >= 15 is 0 Å². The highest BCUT2D eigenvalue weighted by Gasteiger charge is 2.26. The summed E-state index contributed by atoms with van der Waals surface area (Å²) in [5, 5.41) is 0. The van der Waals surface area contributed by atoms with Gasteiger partial charge in [-0.05, 0) is 36.6 Å². The molecule has 2 rings (SSSR count). The molecule has 0 unspecified atom stereocenters. The fraction of sp³-hybridized carbons (Fsp3) is 0.389. The zero-order chi connectivity index (χ0) is 18.2. The maximum Gasteiger partial charge on any atom is 0.331 e. The van der Waals surface area contributed by atoms with E-state index in [2.05, 4.69) is 0 Å². The van der Waals surface area contributed by atoms with Crippen LogP contribution < -0.4 is 10.5 Å². The van der Waals surface area contributed by atoms with E-state index in [-0.39, 0.29) is 24.3 Å². The van der Waals surface area contributed by atoms with Crippen LogP contribution in [0, 0.1) is 5.92 Å². The number of benzene rings is 1. The van der Waals surface area contributed by atoms with E-state index < -0.39 is 5.97 Å². The second kappa shape index (κ2) is 8.86. The second-order valence-corrected chi connectivity index (χ2v) is 5.78. The van der Waals surface area contributed by atoms with Gasteiger partial charge < -0.3 is 20.1 Å². The molecule has 1 saturated heterocycles. The van der Waals surface area contributed by atoms with Crippen molar-refractivity contribution < 1.29 is 23.9 Å². The third-order valence-corrected chi connectivity index (χ3v) is 4.09. The molecule has 1 fully saturated rings. The summed E-state index contributed by atoms with van der Waals surface area (Å²) in [7, 11) is 1.56. The molecule has 0 spiro atoms. The Morgan fingerprint density at radius 2 is 2.00 bits per heavy atom. The van der Waals surface area contributed by atoms with Crippen LogP contribution in [0.4, 0.5) is 0 Å². The molecule has 2 N–H and O–H groups in total. The first-order valence-corrected chi connectivity index (χ1v) is 8.05. The Balaban J connectivity index is 1.76. The van der Waals surface area contributed by atoms with Gasteiger partial charge in [-0.2, -0.15) is 0 Å². The molecule has 1 aromatic carbocycles. The molecule has 0 bridgehead atoms. The molecular weight excluding hydrogens is 324 g/mol. The van der Waals surface area contributed by atoms with E-state index in [0.29, 0.717) is 31.7 Å². The molecular formula is C18H22N2O5. The van der Waals surface area contributed by atoms with Gasteiger partial charge >= 0.3 is 5.97 Å². The van der Waals surface area contributed by atoms with Crippen LogP contribution in [0.5, 0.6) is 5.75 Å². The first-order chi connectivity index (χ1) is 12.0. The predicted octanol–water partition coefficient (Wildman–Crippen LogP) is 0.975. The number of piperidine rings is 1. The molecule has 7 nitrogen and oxygen atoms in total. The number of hydrogen-bond donors (Lipinski definition) is 1. The summed E-state index contributed by atoms with van der Waals surface area (Å²) < 4.78 is 10.1. The smallest absolute Gasteiger partial charge is 0.331 e. The van der Waals surface area contributed by atoms with Crippen LogP contribution in [0.2, 0.25) is 0 Å². The molecule has 1 aliphatic heterocycles. The summed E-state index contributed by atoms with van der Waals surface area (Å²) >= 11 is 0. The van der Waals surface area contributed by atoms with Crippen LogP contribution in [0.25, 0.3) is 6.08 Å². The SMILES string of the molecule is COc1cccc(/C=C/C(=O)OCC(=O)N2CCC(C(N)=O)CC2)c1. The number of nitrogens with zero attached hydrogens (tertiary/aromatic N) is 1. The van der Waals surface area contributed by atoms with Crippen molar-refractivity contribution in [3.8, 4) is 5.75 Å².